The lowest BCUT2D eigenvalue weighted by atomic mass is 9.85. The van der Waals surface area contributed by atoms with E-state index >= 15 is 0 Å². The van der Waals surface area contributed by atoms with Gasteiger partial charge >= 0.3 is 0 Å². The van der Waals surface area contributed by atoms with E-state index in [1.54, 1.807) is 0 Å². The van der Waals surface area contributed by atoms with Gasteiger partial charge in [-0.05, 0) is 31.2 Å². The summed E-state index contributed by atoms with van der Waals surface area (Å²) in [5.41, 5.74) is 8.56. The summed E-state index contributed by atoms with van der Waals surface area (Å²) < 4.78 is 0. The monoisotopic (exact) mass is 288 g/mol. The maximum absolute atomic E-state index is 12.0. The van der Waals surface area contributed by atoms with Crippen molar-refractivity contribution in [1.82, 2.24) is 5.32 Å². The van der Waals surface area contributed by atoms with Gasteiger partial charge in [0.2, 0.25) is 5.91 Å². The van der Waals surface area contributed by atoms with Gasteiger partial charge in [-0.2, -0.15) is 0 Å². The zero-order valence-corrected chi connectivity index (χ0v) is 13.1. The molecule has 116 valence electrons. The fourth-order valence-electron chi connectivity index (χ4n) is 3.22. The molecule has 1 aliphatic rings. The van der Waals surface area contributed by atoms with E-state index in [1.165, 1.54) is 43.2 Å². The molecule has 3 N–H and O–H groups in total. The van der Waals surface area contributed by atoms with Gasteiger partial charge in [0.25, 0.3) is 0 Å². The first-order valence-electron chi connectivity index (χ1n) is 8.24. The third kappa shape index (κ3) is 5.50. The topological polar surface area (TPSA) is 55.1 Å². The van der Waals surface area contributed by atoms with Crippen molar-refractivity contribution in [2.24, 2.45) is 11.7 Å². The molecule has 1 aromatic carbocycles. The van der Waals surface area contributed by atoms with Crippen LogP contribution in [0.3, 0.4) is 0 Å². The molecule has 1 amide bonds. The van der Waals surface area contributed by atoms with Crippen LogP contribution in [0.1, 0.15) is 49.7 Å². The molecule has 1 aliphatic carbocycles. The molecule has 0 aromatic heterocycles. The number of carbonyl (C=O) groups is 1. The minimum atomic E-state index is -0.342. The molecule has 0 aliphatic heterocycles. The average molecular weight is 288 g/mol. The smallest absolute Gasteiger partial charge is 0.236 e. The third-order valence-corrected chi connectivity index (χ3v) is 4.44. The molecule has 1 atom stereocenters. The first-order valence-corrected chi connectivity index (χ1v) is 8.24. The molecule has 21 heavy (non-hydrogen) atoms. The van der Waals surface area contributed by atoms with E-state index in [0.717, 1.165) is 12.8 Å². The van der Waals surface area contributed by atoms with Gasteiger partial charge in [-0.25, -0.2) is 0 Å². The quantitative estimate of drug-likeness (QED) is 0.845. The molecule has 3 heteroatoms. The number of nitrogens with two attached hydrogens (primary N) is 1. The molecule has 0 radical (unpaired) electrons. The second-order valence-electron chi connectivity index (χ2n) is 6.38. The van der Waals surface area contributed by atoms with E-state index in [0.29, 0.717) is 12.5 Å². The molecule has 1 unspecified atom stereocenters. The lowest BCUT2D eigenvalue weighted by molar-refractivity contribution is -0.122. The standard InChI is InChI=1S/C18H28N2O/c1-14-6-5-9-16(12-14)10-11-20-18(21)17(19)13-15-7-3-2-4-8-15/h5-6,9,12,15,17H,2-4,7-8,10-11,13,19H2,1H3,(H,20,21). The number of nitrogens with one attached hydrogen (secondary N) is 1. The van der Waals surface area contributed by atoms with E-state index in [2.05, 4.69) is 36.5 Å². The maximum atomic E-state index is 12.0. The van der Waals surface area contributed by atoms with Crippen molar-refractivity contribution in [3.05, 3.63) is 35.4 Å². The van der Waals surface area contributed by atoms with Crippen LogP contribution in [0.15, 0.2) is 24.3 Å². The van der Waals surface area contributed by atoms with Crippen LogP contribution in [-0.2, 0) is 11.2 Å². The van der Waals surface area contributed by atoms with Crippen LogP contribution >= 0.6 is 0 Å². The summed E-state index contributed by atoms with van der Waals surface area (Å²) in [6.45, 7) is 2.75. The van der Waals surface area contributed by atoms with Crippen LogP contribution in [0.4, 0.5) is 0 Å². The fourth-order valence-corrected chi connectivity index (χ4v) is 3.22. The number of aryl methyl sites for hydroxylation is 1. The van der Waals surface area contributed by atoms with E-state index in [-0.39, 0.29) is 11.9 Å². The van der Waals surface area contributed by atoms with Crippen molar-refractivity contribution in [2.75, 3.05) is 6.54 Å². The first-order chi connectivity index (χ1) is 10.1. The zero-order chi connectivity index (χ0) is 15.1. The lowest BCUT2D eigenvalue weighted by Gasteiger charge is -2.24. The Bertz CT molecular complexity index is 452. The van der Waals surface area contributed by atoms with Crippen molar-refractivity contribution in [1.29, 1.82) is 0 Å². The highest BCUT2D eigenvalue weighted by atomic mass is 16.2. The zero-order valence-electron chi connectivity index (χ0n) is 13.1. The van der Waals surface area contributed by atoms with Crippen LogP contribution < -0.4 is 11.1 Å². The van der Waals surface area contributed by atoms with Crippen LogP contribution in [0.25, 0.3) is 0 Å². The molecular weight excluding hydrogens is 260 g/mol. The van der Waals surface area contributed by atoms with Crippen LogP contribution in [0, 0.1) is 12.8 Å². The minimum Gasteiger partial charge on any atom is -0.354 e. The van der Waals surface area contributed by atoms with Crippen molar-refractivity contribution >= 4 is 5.91 Å². The summed E-state index contributed by atoms with van der Waals surface area (Å²) in [7, 11) is 0. The Hall–Kier alpha value is -1.35. The van der Waals surface area contributed by atoms with Gasteiger partial charge in [-0.1, -0.05) is 61.9 Å². The Balaban J connectivity index is 1.68. The maximum Gasteiger partial charge on any atom is 0.236 e. The predicted molar refractivity (Wildman–Crippen MR) is 87.1 cm³/mol. The molecular formula is C18H28N2O. The minimum absolute atomic E-state index is 0.00762. The SMILES string of the molecule is Cc1cccc(CCNC(=O)C(N)CC2CCCCC2)c1. The van der Waals surface area contributed by atoms with Gasteiger partial charge in [-0.15, -0.1) is 0 Å². The second kappa shape index (κ2) is 8.18. The highest BCUT2D eigenvalue weighted by molar-refractivity contribution is 5.81. The molecule has 0 spiro atoms. The second-order valence-corrected chi connectivity index (χ2v) is 6.38. The van der Waals surface area contributed by atoms with Crippen molar-refractivity contribution < 1.29 is 4.79 Å². The Morgan fingerprint density at radius 2 is 2.10 bits per heavy atom. The molecule has 1 aromatic rings. The van der Waals surface area contributed by atoms with E-state index < -0.39 is 0 Å². The highest BCUT2D eigenvalue weighted by Crippen LogP contribution is 2.26. The Kier molecular flexibility index (Phi) is 6.24. The number of hydrogen-bond donors (Lipinski definition) is 2. The number of carbonyl (C=O) groups excluding carboxylic acids is 1. The fraction of sp³-hybridized carbons (Fsp3) is 0.611. The molecule has 0 saturated heterocycles. The summed E-state index contributed by atoms with van der Waals surface area (Å²) in [4.78, 5) is 12.0. The molecule has 3 nitrogen and oxygen atoms in total. The Labute approximate surface area is 128 Å². The number of rotatable bonds is 6. The van der Waals surface area contributed by atoms with Gasteiger partial charge < -0.3 is 11.1 Å². The van der Waals surface area contributed by atoms with Crippen molar-refractivity contribution in [2.45, 2.75) is 57.9 Å². The van der Waals surface area contributed by atoms with E-state index in [1.807, 2.05) is 0 Å². The third-order valence-electron chi connectivity index (χ3n) is 4.44. The Morgan fingerprint density at radius 3 is 2.81 bits per heavy atom. The largest absolute Gasteiger partial charge is 0.354 e. The average Bonchev–Trinajstić information content (AvgIpc) is 2.48. The summed E-state index contributed by atoms with van der Waals surface area (Å²) in [5, 5.41) is 2.98. The highest BCUT2D eigenvalue weighted by Gasteiger charge is 2.20. The number of benzene rings is 1. The van der Waals surface area contributed by atoms with Crippen LogP contribution in [-0.4, -0.2) is 18.5 Å². The number of hydrogen-bond acceptors (Lipinski definition) is 2. The van der Waals surface area contributed by atoms with Gasteiger partial charge in [0.15, 0.2) is 0 Å². The molecule has 1 fully saturated rings. The van der Waals surface area contributed by atoms with E-state index in [9.17, 15) is 4.79 Å². The van der Waals surface area contributed by atoms with E-state index in [4.69, 9.17) is 5.73 Å². The lowest BCUT2D eigenvalue weighted by Crippen LogP contribution is -2.42. The summed E-state index contributed by atoms with van der Waals surface area (Å²) in [5.74, 6) is 0.657. The predicted octanol–water partition coefficient (Wildman–Crippen LogP) is 2.95. The first kappa shape index (κ1) is 16.0. The Morgan fingerprint density at radius 1 is 1.33 bits per heavy atom. The number of amides is 1. The summed E-state index contributed by atoms with van der Waals surface area (Å²) in [6, 6.07) is 8.06. The van der Waals surface area contributed by atoms with Gasteiger partial charge in [0.05, 0.1) is 6.04 Å². The molecule has 1 saturated carbocycles. The normalized spacial score (nSPS) is 17.4. The van der Waals surface area contributed by atoms with Crippen molar-refractivity contribution in [3.63, 3.8) is 0 Å². The molecule has 0 bridgehead atoms. The van der Waals surface area contributed by atoms with Gasteiger partial charge in [-0.3, -0.25) is 4.79 Å². The molecule has 2 rings (SSSR count). The summed E-state index contributed by atoms with van der Waals surface area (Å²) >= 11 is 0. The molecule has 0 heterocycles. The summed E-state index contributed by atoms with van der Waals surface area (Å²) in [6.07, 6.45) is 8.13. The van der Waals surface area contributed by atoms with Gasteiger partial charge in [0, 0.05) is 6.54 Å². The van der Waals surface area contributed by atoms with Crippen LogP contribution in [0.5, 0.6) is 0 Å². The van der Waals surface area contributed by atoms with Gasteiger partial charge in [0.1, 0.15) is 0 Å². The van der Waals surface area contributed by atoms with Crippen LogP contribution in [0.2, 0.25) is 0 Å². The van der Waals surface area contributed by atoms with Crippen molar-refractivity contribution in [3.8, 4) is 0 Å².